The Hall–Kier alpha value is -2.51. The van der Waals surface area contributed by atoms with E-state index in [9.17, 15) is 9.59 Å². The molecule has 0 saturated carbocycles. The first kappa shape index (κ1) is 18.3. The van der Waals surface area contributed by atoms with Crippen LogP contribution in [0.15, 0.2) is 46.2 Å². The van der Waals surface area contributed by atoms with Gasteiger partial charge in [0.15, 0.2) is 11.9 Å². The number of carbonyl (C=O) groups excluding carboxylic acids is 2. The molecule has 0 aliphatic heterocycles. The Bertz CT molecular complexity index is 890. The standard InChI is InChI=1S/C18H15ClN2O4S/c1-11(17-20-21-18(25-17)15-3-2-10-26-15)24-16(23)9-8-14(22)12-4-6-13(19)7-5-12/h2-7,10-11H,8-9H2,1H3/t11-/m0/s1. The summed E-state index contributed by atoms with van der Waals surface area (Å²) in [5.74, 6) is -0.0543. The highest BCUT2D eigenvalue weighted by molar-refractivity contribution is 7.13. The van der Waals surface area contributed by atoms with Crippen LogP contribution in [0.5, 0.6) is 0 Å². The van der Waals surface area contributed by atoms with Crippen molar-refractivity contribution in [2.24, 2.45) is 0 Å². The minimum absolute atomic E-state index is 0.0300. The average Bonchev–Trinajstić information content (AvgIpc) is 3.31. The van der Waals surface area contributed by atoms with Gasteiger partial charge in [0.1, 0.15) is 0 Å². The molecule has 0 saturated heterocycles. The maximum atomic E-state index is 12.1. The first-order valence-electron chi connectivity index (χ1n) is 7.88. The number of Topliss-reactive ketones (excluding diaryl/α,β-unsaturated/α-hetero) is 1. The number of hydrogen-bond donors (Lipinski definition) is 0. The van der Waals surface area contributed by atoms with E-state index in [0.717, 1.165) is 4.88 Å². The maximum absolute atomic E-state index is 12.1. The molecule has 0 bridgehead atoms. The Morgan fingerprint density at radius 1 is 1.19 bits per heavy atom. The van der Waals surface area contributed by atoms with Gasteiger partial charge in [-0.05, 0) is 42.6 Å². The summed E-state index contributed by atoms with van der Waals surface area (Å²) >= 11 is 7.26. The number of nitrogens with zero attached hydrogens (tertiary/aromatic N) is 2. The Morgan fingerprint density at radius 3 is 2.65 bits per heavy atom. The first-order valence-corrected chi connectivity index (χ1v) is 9.14. The number of hydrogen-bond acceptors (Lipinski definition) is 7. The lowest BCUT2D eigenvalue weighted by Gasteiger charge is -2.09. The van der Waals surface area contributed by atoms with E-state index in [4.69, 9.17) is 20.8 Å². The monoisotopic (exact) mass is 390 g/mol. The lowest BCUT2D eigenvalue weighted by Crippen LogP contribution is -2.11. The summed E-state index contributed by atoms with van der Waals surface area (Å²) in [6, 6.07) is 10.3. The predicted molar refractivity (Wildman–Crippen MR) is 97.1 cm³/mol. The van der Waals surface area contributed by atoms with Gasteiger partial charge >= 0.3 is 5.97 Å². The fraction of sp³-hybridized carbons (Fsp3) is 0.222. The van der Waals surface area contributed by atoms with Gasteiger partial charge < -0.3 is 9.15 Å². The van der Waals surface area contributed by atoms with E-state index in [0.29, 0.717) is 16.5 Å². The Kier molecular flexibility index (Phi) is 5.80. The van der Waals surface area contributed by atoms with Crippen LogP contribution in [0.1, 0.15) is 42.1 Å². The van der Waals surface area contributed by atoms with Crippen LogP contribution in [-0.4, -0.2) is 21.9 Å². The van der Waals surface area contributed by atoms with E-state index in [1.807, 2.05) is 17.5 Å². The van der Waals surface area contributed by atoms with Crippen LogP contribution in [0.3, 0.4) is 0 Å². The smallest absolute Gasteiger partial charge is 0.307 e. The zero-order valence-corrected chi connectivity index (χ0v) is 15.4. The highest BCUT2D eigenvalue weighted by Crippen LogP contribution is 2.26. The zero-order chi connectivity index (χ0) is 18.5. The van der Waals surface area contributed by atoms with Crippen molar-refractivity contribution in [1.82, 2.24) is 10.2 Å². The molecule has 0 radical (unpaired) electrons. The van der Waals surface area contributed by atoms with Crippen LogP contribution in [0.4, 0.5) is 0 Å². The second kappa shape index (κ2) is 8.25. The van der Waals surface area contributed by atoms with Crippen LogP contribution >= 0.6 is 22.9 Å². The molecule has 3 aromatic rings. The quantitative estimate of drug-likeness (QED) is 0.429. The Labute approximate surface area is 158 Å². The number of thiophene rings is 1. The summed E-state index contributed by atoms with van der Waals surface area (Å²) in [5.41, 5.74) is 0.507. The normalized spacial score (nSPS) is 11.9. The van der Waals surface area contributed by atoms with Crippen LogP contribution in [0, 0.1) is 0 Å². The molecule has 0 aliphatic carbocycles. The van der Waals surface area contributed by atoms with Crippen molar-refractivity contribution in [1.29, 1.82) is 0 Å². The van der Waals surface area contributed by atoms with Gasteiger partial charge in [-0.2, -0.15) is 0 Å². The summed E-state index contributed by atoms with van der Waals surface area (Å²) in [6.07, 6.45) is -0.663. The molecule has 6 nitrogen and oxygen atoms in total. The summed E-state index contributed by atoms with van der Waals surface area (Å²) in [5, 5.41) is 10.3. The van der Waals surface area contributed by atoms with Gasteiger partial charge in [0.2, 0.25) is 0 Å². The molecule has 8 heteroatoms. The van der Waals surface area contributed by atoms with Gasteiger partial charge in [0.25, 0.3) is 11.8 Å². The third-order valence-electron chi connectivity index (χ3n) is 3.55. The summed E-state index contributed by atoms with van der Waals surface area (Å²) in [7, 11) is 0. The fourth-order valence-corrected chi connectivity index (χ4v) is 2.97. The van der Waals surface area contributed by atoms with Gasteiger partial charge in [-0.3, -0.25) is 9.59 Å². The molecule has 0 spiro atoms. The molecule has 26 heavy (non-hydrogen) atoms. The van der Waals surface area contributed by atoms with Crippen molar-refractivity contribution in [3.8, 4) is 10.8 Å². The maximum Gasteiger partial charge on any atom is 0.307 e. The number of ether oxygens (including phenoxy) is 1. The molecule has 0 amide bonds. The van der Waals surface area contributed by atoms with E-state index in [1.165, 1.54) is 11.3 Å². The molecule has 0 aliphatic rings. The summed E-state index contributed by atoms with van der Waals surface area (Å²) in [4.78, 5) is 24.9. The van der Waals surface area contributed by atoms with Crippen LogP contribution in [0.25, 0.3) is 10.8 Å². The van der Waals surface area contributed by atoms with Gasteiger partial charge in [0, 0.05) is 17.0 Å². The van der Waals surface area contributed by atoms with E-state index in [-0.39, 0.29) is 24.5 Å². The van der Waals surface area contributed by atoms with Crippen molar-refractivity contribution in [3.05, 3.63) is 58.3 Å². The lowest BCUT2D eigenvalue weighted by atomic mass is 10.1. The molecule has 0 fully saturated rings. The largest absolute Gasteiger partial charge is 0.453 e. The van der Waals surface area contributed by atoms with E-state index in [2.05, 4.69) is 10.2 Å². The Balaban J connectivity index is 1.51. The van der Waals surface area contributed by atoms with Crippen molar-refractivity contribution in [2.75, 3.05) is 0 Å². The molecule has 3 rings (SSSR count). The highest BCUT2D eigenvalue weighted by Gasteiger charge is 2.20. The Morgan fingerprint density at radius 2 is 1.96 bits per heavy atom. The molecular weight excluding hydrogens is 376 g/mol. The molecule has 0 N–H and O–H groups in total. The number of aromatic nitrogens is 2. The van der Waals surface area contributed by atoms with Gasteiger partial charge in [-0.1, -0.05) is 17.7 Å². The van der Waals surface area contributed by atoms with Crippen LogP contribution in [0.2, 0.25) is 5.02 Å². The molecule has 1 atom stereocenters. The van der Waals surface area contributed by atoms with Gasteiger partial charge in [0.05, 0.1) is 11.3 Å². The van der Waals surface area contributed by atoms with E-state index >= 15 is 0 Å². The number of esters is 1. The van der Waals surface area contributed by atoms with Crippen molar-refractivity contribution in [3.63, 3.8) is 0 Å². The molecular formula is C18H15ClN2O4S. The SMILES string of the molecule is C[C@H](OC(=O)CCC(=O)c1ccc(Cl)cc1)c1nnc(-c2cccs2)o1. The third-order valence-corrected chi connectivity index (χ3v) is 4.66. The lowest BCUT2D eigenvalue weighted by molar-refractivity contribution is -0.149. The minimum Gasteiger partial charge on any atom is -0.453 e. The third kappa shape index (κ3) is 4.56. The predicted octanol–water partition coefficient (Wildman–Crippen LogP) is 4.72. The minimum atomic E-state index is -0.686. The van der Waals surface area contributed by atoms with Gasteiger partial charge in [-0.25, -0.2) is 0 Å². The second-order valence-corrected chi connectivity index (χ2v) is 6.87. The van der Waals surface area contributed by atoms with Crippen molar-refractivity contribution < 1.29 is 18.7 Å². The summed E-state index contributed by atoms with van der Waals surface area (Å²) in [6.45, 7) is 1.64. The van der Waals surface area contributed by atoms with Crippen molar-refractivity contribution in [2.45, 2.75) is 25.9 Å². The van der Waals surface area contributed by atoms with Crippen LogP contribution in [-0.2, 0) is 9.53 Å². The first-order chi connectivity index (χ1) is 12.5. The second-order valence-electron chi connectivity index (χ2n) is 5.48. The molecule has 1 aromatic carbocycles. The number of carbonyl (C=O) groups is 2. The molecule has 2 heterocycles. The fourth-order valence-electron chi connectivity index (χ4n) is 2.20. The van der Waals surface area contributed by atoms with E-state index in [1.54, 1.807) is 31.2 Å². The number of rotatable bonds is 7. The average molecular weight is 391 g/mol. The van der Waals surface area contributed by atoms with Crippen LogP contribution < -0.4 is 0 Å². The summed E-state index contributed by atoms with van der Waals surface area (Å²) < 4.78 is 10.8. The zero-order valence-electron chi connectivity index (χ0n) is 13.8. The van der Waals surface area contributed by atoms with E-state index < -0.39 is 12.1 Å². The number of halogens is 1. The van der Waals surface area contributed by atoms with Crippen molar-refractivity contribution >= 4 is 34.7 Å². The number of ketones is 1. The molecule has 0 unspecified atom stereocenters. The topological polar surface area (TPSA) is 82.3 Å². The molecule has 2 aromatic heterocycles. The molecule has 134 valence electrons. The van der Waals surface area contributed by atoms with Gasteiger partial charge in [-0.15, -0.1) is 21.5 Å². The number of benzene rings is 1. The highest BCUT2D eigenvalue weighted by atomic mass is 35.5.